The average molecular weight is 351 g/mol. The molecule has 0 spiro atoms. The first kappa shape index (κ1) is 18.2. The van der Waals surface area contributed by atoms with Gasteiger partial charge in [-0.2, -0.15) is 0 Å². The van der Waals surface area contributed by atoms with Gasteiger partial charge in [0.1, 0.15) is 18.2 Å². The zero-order valence-electron chi connectivity index (χ0n) is 15.9. The van der Waals surface area contributed by atoms with E-state index in [0.29, 0.717) is 6.42 Å². The third-order valence-electron chi connectivity index (χ3n) is 4.84. The molecule has 4 nitrogen and oxygen atoms in total. The lowest BCUT2D eigenvalue weighted by Crippen LogP contribution is -3.06. The van der Waals surface area contributed by atoms with E-state index in [2.05, 4.69) is 51.5 Å². The van der Waals surface area contributed by atoms with E-state index in [0.717, 1.165) is 34.2 Å². The van der Waals surface area contributed by atoms with Crippen molar-refractivity contribution >= 4 is 16.9 Å². The van der Waals surface area contributed by atoms with Gasteiger partial charge in [0, 0.05) is 10.9 Å². The molecule has 0 saturated carbocycles. The smallest absolute Gasteiger partial charge is 0.225 e. The number of nitrogens with one attached hydrogen (secondary N) is 2. The number of benzene rings is 2. The van der Waals surface area contributed by atoms with Crippen LogP contribution in [0, 0.1) is 13.8 Å². The van der Waals surface area contributed by atoms with E-state index in [1.807, 2.05) is 24.3 Å². The molecular formula is C22H27N2O2+. The highest BCUT2D eigenvalue weighted by atomic mass is 16.3. The minimum absolute atomic E-state index is 0.00385. The van der Waals surface area contributed by atoms with Gasteiger partial charge in [-0.3, -0.25) is 4.79 Å². The summed E-state index contributed by atoms with van der Waals surface area (Å²) in [5.74, 6) is 0.0148. The number of carbonyl (C=O) groups is 1. The highest BCUT2D eigenvalue weighted by Crippen LogP contribution is 2.26. The number of aryl methyl sites for hydroxylation is 2. The van der Waals surface area contributed by atoms with E-state index in [1.54, 1.807) is 6.26 Å². The maximum absolute atomic E-state index is 12.7. The van der Waals surface area contributed by atoms with Crippen LogP contribution < -0.4 is 10.2 Å². The van der Waals surface area contributed by atoms with Gasteiger partial charge in [-0.25, -0.2) is 0 Å². The molecule has 1 amide bonds. The van der Waals surface area contributed by atoms with Gasteiger partial charge in [0.15, 0.2) is 0 Å². The SMILES string of the molecule is Cc1ccc2c(CC(=O)N[C@H](C[NH+](C)C)c3ccccc3)coc2c1C. The lowest BCUT2D eigenvalue weighted by Gasteiger charge is -2.20. The molecule has 0 aliphatic carbocycles. The molecule has 3 rings (SSSR count). The molecule has 3 aromatic rings. The predicted octanol–water partition coefficient (Wildman–Crippen LogP) is 2.59. The van der Waals surface area contributed by atoms with Gasteiger partial charge in [-0.05, 0) is 30.5 Å². The Balaban J connectivity index is 1.78. The molecule has 2 aromatic carbocycles. The lowest BCUT2D eigenvalue weighted by molar-refractivity contribution is -0.860. The maximum Gasteiger partial charge on any atom is 0.225 e. The Morgan fingerprint density at radius 1 is 1.12 bits per heavy atom. The van der Waals surface area contributed by atoms with Crippen molar-refractivity contribution < 1.29 is 14.1 Å². The minimum atomic E-state index is -0.00385. The second-order valence-corrected chi connectivity index (χ2v) is 7.26. The number of fused-ring (bicyclic) bond motifs is 1. The molecule has 0 bridgehead atoms. The van der Waals surface area contributed by atoms with Crippen molar-refractivity contribution in [3.05, 3.63) is 71.0 Å². The monoisotopic (exact) mass is 351 g/mol. The van der Waals surface area contributed by atoms with E-state index in [1.165, 1.54) is 10.5 Å². The highest BCUT2D eigenvalue weighted by molar-refractivity contribution is 5.89. The van der Waals surface area contributed by atoms with Crippen LogP contribution in [0.5, 0.6) is 0 Å². The maximum atomic E-state index is 12.7. The van der Waals surface area contributed by atoms with Gasteiger partial charge in [0.2, 0.25) is 5.91 Å². The Bertz CT molecular complexity index is 897. The molecule has 4 heteroatoms. The van der Waals surface area contributed by atoms with Crippen molar-refractivity contribution in [1.29, 1.82) is 0 Å². The van der Waals surface area contributed by atoms with Crippen LogP contribution in [0.2, 0.25) is 0 Å². The van der Waals surface area contributed by atoms with Crippen molar-refractivity contribution in [1.82, 2.24) is 5.32 Å². The first-order chi connectivity index (χ1) is 12.5. The summed E-state index contributed by atoms with van der Waals surface area (Å²) in [6.45, 7) is 4.95. The molecule has 0 radical (unpaired) electrons. The summed E-state index contributed by atoms with van der Waals surface area (Å²) < 4.78 is 5.73. The van der Waals surface area contributed by atoms with Crippen LogP contribution in [-0.2, 0) is 11.2 Å². The van der Waals surface area contributed by atoms with E-state index in [4.69, 9.17) is 4.42 Å². The Morgan fingerprint density at radius 3 is 2.54 bits per heavy atom. The van der Waals surface area contributed by atoms with E-state index >= 15 is 0 Å². The lowest BCUT2D eigenvalue weighted by atomic mass is 10.0. The predicted molar refractivity (Wildman–Crippen MR) is 104 cm³/mol. The van der Waals surface area contributed by atoms with Crippen molar-refractivity contribution in [3.8, 4) is 0 Å². The fourth-order valence-corrected chi connectivity index (χ4v) is 3.29. The number of hydrogen-bond acceptors (Lipinski definition) is 2. The summed E-state index contributed by atoms with van der Waals surface area (Å²) in [6.07, 6.45) is 2.03. The number of rotatable bonds is 6. The van der Waals surface area contributed by atoms with Gasteiger partial charge in [-0.1, -0.05) is 42.5 Å². The topological polar surface area (TPSA) is 46.7 Å². The Hall–Kier alpha value is -2.59. The van der Waals surface area contributed by atoms with Crippen molar-refractivity contribution in [2.24, 2.45) is 0 Å². The van der Waals surface area contributed by atoms with Crippen LogP contribution in [0.15, 0.2) is 53.1 Å². The van der Waals surface area contributed by atoms with E-state index in [-0.39, 0.29) is 11.9 Å². The van der Waals surface area contributed by atoms with Gasteiger partial charge in [0.05, 0.1) is 26.8 Å². The normalized spacial score (nSPS) is 12.5. The molecule has 1 heterocycles. The molecular weight excluding hydrogens is 324 g/mol. The van der Waals surface area contributed by atoms with E-state index in [9.17, 15) is 4.79 Å². The number of furan rings is 1. The van der Waals surface area contributed by atoms with Crippen LogP contribution >= 0.6 is 0 Å². The number of hydrogen-bond donors (Lipinski definition) is 2. The van der Waals surface area contributed by atoms with Crippen LogP contribution in [0.1, 0.15) is 28.3 Å². The summed E-state index contributed by atoms with van der Waals surface area (Å²) in [5, 5.41) is 4.22. The second-order valence-electron chi connectivity index (χ2n) is 7.26. The summed E-state index contributed by atoms with van der Waals surface area (Å²) in [5.41, 5.74) is 5.27. The molecule has 0 aliphatic heterocycles. The first-order valence-electron chi connectivity index (χ1n) is 9.05. The molecule has 2 N–H and O–H groups in total. The highest BCUT2D eigenvalue weighted by Gasteiger charge is 2.19. The molecule has 0 aliphatic rings. The molecule has 0 saturated heterocycles. The molecule has 0 unspecified atom stereocenters. The second kappa shape index (κ2) is 7.75. The van der Waals surface area contributed by atoms with Gasteiger partial charge in [0.25, 0.3) is 0 Å². The third kappa shape index (κ3) is 3.97. The van der Waals surface area contributed by atoms with E-state index < -0.39 is 0 Å². The zero-order valence-corrected chi connectivity index (χ0v) is 15.9. The Morgan fingerprint density at radius 2 is 1.85 bits per heavy atom. The standard InChI is InChI=1S/C22H26N2O2/c1-15-10-11-19-18(14-26-22(19)16(15)2)12-21(25)23-20(13-24(3)4)17-8-6-5-7-9-17/h5-11,14,20H,12-13H2,1-4H3,(H,23,25)/p+1/t20-/m1/s1. The van der Waals surface area contributed by atoms with Gasteiger partial charge < -0.3 is 14.6 Å². The third-order valence-corrected chi connectivity index (χ3v) is 4.84. The Kier molecular flexibility index (Phi) is 5.43. The van der Waals surface area contributed by atoms with Gasteiger partial charge >= 0.3 is 0 Å². The first-order valence-corrected chi connectivity index (χ1v) is 9.05. The number of carbonyl (C=O) groups excluding carboxylic acids is 1. The van der Waals surface area contributed by atoms with Crippen LogP contribution in [0.25, 0.3) is 11.0 Å². The summed E-state index contributed by atoms with van der Waals surface area (Å²) in [4.78, 5) is 14.0. The number of quaternary nitrogens is 1. The largest absolute Gasteiger partial charge is 0.464 e. The van der Waals surface area contributed by atoms with Gasteiger partial charge in [-0.15, -0.1) is 0 Å². The minimum Gasteiger partial charge on any atom is -0.464 e. The number of amides is 1. The molecule has 26 heavy (non-hydrogen) atoms. The van der Waals surface area contributed by atoms with Crippen LogP contribution in [0.3, 0.4) is 0 Å². The summed E-state index contributed by atoms with van der Waals surface area (Å²) in [7, 11) is 4.19. The van der Waals surface area contributed by atoms with Crippen molar-refractivity contribution in [2.45, 2.75) is 26.3 Å². The average Bonchev–Trinajstić information content (AvgIpc) is 3.01. The zero-order chi connectivity index (χ0) is 18.7. The fourth-order valence-electron chi connectivity index (χ4n) is 3.29. The molecule has 136 valence electrons. The van der Waals surface area contributed by atoms with Crippen molar-refractivity contribution in [3.63, 3.8) is 0 Å². The molecule has 1 atom stereocenters. The van der Waals surface area contributed by atoms with Crippen LogP contribution in [0.4, 0.5) is 0 Å². The summed E-state index contributed by atoms with van der Waals surface area (Å²) >= 11 is 0. The molecule has 1 aromatic heterocycles. The molecule has 0 fully saturated rings. The number of likely N-dealkylation sites (N-methyl/N-ethyl adjacent to an activating group) is 1. The van der Waals surface area contributed by atoms with Crippen LogP contribution in [-0.4, -0.2) is 26.5 Å². The van der Waals surface area contributed by atoms with Crippen molar-refractivity contribution in [2.75, 3.05) is 20.6 Å². The Labute approximate surface area is 154 Å². The quantitative estimate of drug-likeness (QED) is 0.717. The summed E-state index contributed by atoms with van der Waals surface area (Å²) in [6, 6.07) is 14.3. The fraction of sp³-hybridized carbons (Fsp3) is 0.318.